The summed E-state index contributed by atoms with van der Waals surface area (Å²) in [5.74, 6) is 0.0199. The third kappa shape index (κ3) is 10.1. The summed E-state index contributed by atoms with van der Waals surface area (Å²) >= 11 is 3.20. The van der Waals surface area contributed by atoms with Crippen LogP contribution in [0.3, 0.4) is 0 Å². The lowest BCUT2D eigenvalue weighted by atomic mass is 10.00. The SMILES string of the molecule is CCCCC(Cc1c[nH]c2ccccc12)NC(=O)c1cc2cccc(N3CCN(C)C(n4cc(CC(CCCC)NC(=O)c5sc6cc(NCCNC)ccc6c5C)c5ccccc54)C3)c2s1. The Labute approximate surface area is 403 Å². The highest BCUT2D eigenvalue weighted by atomic mass is 32.1. The number of thiophene rings is 2. The van der Waals surface area contributed by atoms with E-state index in [2.05, 4.69) is 172 Å². The molecule has 4 aromatic carbocycles. The van der Waals surface area contributed by atoms with Crippen molar-refractivity contribution in [1.29, 1.82) is 0 Å². The van der Waals surface area contributed by atoms with Crippen LogP contribution in [-0.4, -0.2) is 85.2 Å². The largest absolute Gasteiger partial charge is 0.384 e. The molecule has 0 aliphatic carbocycles. The van der Waals surface area contributed by atoms with Gasteiger partial charge in [-0.05, 0) is 111 Å². The molecule has 350 valence electrons. The monoisotopic (exact) mass is 934 g/mol. The lowest BCUT2D eigenvalue weighted by Gasteiger charge is -2.41. The molecule has 0 bridgehead atoms. The van der Waals surface area contributed by atoms with E-state index >= 15 is 0 Å². The summed E-state index contributed by atoms with van der Waals surface area (Å²) < 4.78 is 4.74. The quantitative estimate of drug-likeness (QED) is 0.0487. The van der Waals surface area contributed by atoms with Crippen molar-refractivity contribution in [2.75, 3.05) is 57.0 Å². The lowest BCUT2D eigenvalue weighted by molar-refractivity contribution is 0.0929. The van der Waals surface area contributed by atoms with Crippen LogP contribution in [-0.2, 0) is 12.8 Å². The van der Waals surface area contributed by atoms with Crippen molar-refractivity contribution in [2.24, 2.45) is 0 Å². The number of hydrogen-bond donors (Lipinski definition) is 5. The first-order valence-electron chi connectivity index (χ1n) is 24.4. The topological polar surface area (TPSA) is 109 Å². The van der Waals surface area contributed by atoms with Gasteiger partial charge in [-0.3, -0.25) is 14.5 Å². The summed E-state index contributed by atoms with van der Waals surface area (Å²) in [4.78, 5) is 38.2. The lowest BCUT2D eigenvalue weighted by Crippen LogP contribution is -2.48. The number of nitrogens with zero attached hydrogens (tertiary/aromatic N) is 3. The summed E-state index contributed by atoms with van der Waals surface area (Å²) in [6.45, 7) is 10.8. The molecule has 3 atom stereocenters. The molecule has 9 rings (SSSR count). The minimum atomic E-state index is -0.00560. The van der Waals surface area contributed by atoms with Crippen molar-refractivity contribution < 1.29 is 9.59 Å². The Morgan fingerprint density at radius 1 is 0.791 bits per heavy atom. The first kappa shape index (κ1) is 46.5. The number of likely N-dealkylation sites (N-methyl/N-ethyl adjacent to an activating group) is 2. The molecule has 8 aromatic rings. The van der Waals surface area contributed by atoms with Crippen molar-refractivity contribution in [3.05, 3.63) is 130 Å². The van der Waals surface area contributed by atoms with Crippen LogP contribution in [0.25, 0.3) is 42.0 Å². The number of aromatic nitrogens is 2. The molecule has 1 aliphatic heterocycles. The van der Waals surface area contributed by atoms with Crippen LogP contribution in [0.2, 0.25) is 0 Å². The van der Waals surface area contributed by atoms with Crippen molar-refractivity contribution in [3.63, 3.8) is 0 Å². The molecule has 10 nitrogen and oxygen atoms in total. The second-order valence-corrected chi connectivity index (χ2v) is 20.6. The van der Waals surface area contributed by atoms with Crippen molar-refractivity contribution in [3.8, 4) is 0 Å². The molecule has 12 heteroatoms. The van der Waals surface area contributed by atoms with E-state index in [-0.39, 0.29) is 30.1 Å². The smallest absolute Gasteiger partial charge is 0.261 e. The van der Waals surface area contributed by atoms with Crippen LogP contribution in [0, 0.1) is 6.92 Å². The average Bonchev–Trinajstić information content (AvgIpc) is 4.14. The first-order valence-corrected chi connectivity index (χ1v) is 26.0. The Kier molecular flexibility index (Phi) is 14.6. The van der Waals surface area contributed by atoms with Gasteiger partial charge in [0, 0.05) is 82.8 Å². The maximum atomic E-state index is 14.2. The highest BCUT2D eigenvalue weighted by Gasteiger charge is 2.30. The first-order chi connectivity index (χ1) is 32.7. The molecule has 3 unspecified atom stereocenters. The minimum absolute atomic E-state index is 0.00510. The van der Waals surface area contributed by atoms with Gasteiger partial charge in [0.25, 0.3) is 11.8 Å². The molecular weight excluding hydrogens is 869 g/mol. The molecule has 4 aromatic heterocycles. The number of fused-ring (bicyclic) bond motifs is 4. The molecule has 2 amide bonds. The summed E-state index contributed by atoms with van der Waals surface area (Å²) in [7, 11) is 4.19. The summed E-state index contributed by atoms with van der Waals surface area (Å²) in [6, 6.07) is 32.2. The number of anilines is 2. The van der Waals surface area contributed by atoms with Gasteiger partial charge in [-0.25, -0.2) is 0 Å². The van der Waals surface area contributed by atoms with Gasteiger partial charge in [-0.2, -0.15) is 0 Å². The zero-order valence-corrected chi connectivity index (χ0v) is 41.3. The van der Waals surface area contributed by atoms with Gasteiger partial charge < -0.3 is 35.7 Å². The molecule has 0 saturated carbocycles. The predicted octanol–water partition coefficient (Wildman–Crippen LogP) is 11.5. The molecule has 0 radical (unpaired) electrons. The summed E-state index contributed by atoms with van der Waals surface area (Å²) in [5.41, 5.74) is 8.12. The van der Waals surface area contributed by atoms with Crippen LogP contribution in [0.4, 0.5) is 11.4 Å². The maximum Gasteiger partial charge on any atom is 0.261 e. The Hall–Kier alpha value is -5.66. The third-order valence-electron chi connectivity index (χ3n) is 13.8. The van der Waals surface area contributed by atoms with Gasteiger partial charge in [0.1, 0.15) is 6.17 Å². The number of carbonyl (C=O) groups is 2. The molecule has 1 aliphatic rings. The van der Waals surface area contributed by atoms with E-state index < -0.39 is 0 Å². The van der Waals surface area contributed by atoms with Gasteiger partial charge in [0.15, 0.2) is 0 Å². The Morgan fingerprint density at radius 2 is 1.54 bits per heavy atom. The number of unbranched alkanes of at least 4 members (excludes halogenated alkanes) is 2. The minimum Gasteiger partial charge on any atom is -0.384 e. The van der Waals surface area contributed by atoms with Crippen molar-refractivity contribution in [1.82, 2.24) is 30.4 Å². The fourth-order valence-corrected chi connectivity index (χ4v) is 12.3. The number of benzene rings is 4. The number of rotatable bonds is 20. The number of aryl methyl sites for hydroxylation is 1. The van der Waals surface area contributed by atoms with E-state index in [4.69, 9.17) is 0 Å². The zero-order valence-electron chi connectivity index (χ0n) is 39.7. The predicted molar refractivity (Wildman–Crippen MR) is 284 cm³/mol. The van der Waals surface area contributed by atoms with E-state index in [1.54, 1.807) is 22.7 Å². The molecule has 1 saturated heterocycles. The zero-order chi connectivity index (χ0) is 46.4. The fourth-order valence-electron chi connectivity index (χ4n) is 10.0. The van der Waals surface area contributed by atoms with Crippen molar-refractivity contribution in [2.45, 2.75) is 90.4 Å². The van der Waals surface area contributed by atoms with Crippen LogP contribution in [0.15, 0.2) is 103 Å². The number of nitrogens with one attached hydrogen (secondary N) is 5. The highest BCUT2D eigenvalue weighted by Crippen LogP contribution is 2.38. The number of H-pyrrole nitrogens is 1. The van der Waals surface area contributed by atoms with Gasteiger partial charge >= 0.3 is 0 Å². The fraction of sp³-hybridized carbons (Fsp3) is 0.382. The molecule has 67 heavy (non-hydrogen) atoms. The number of piperazine rings is 1. The Morgan fingerprint density at radius 3 is 2.33 bits per heavy atom. The Balaban J connectivity index is 0.934. The second kappa shape index (κ2) is 21.1. The van der Waals surface area contributed by atoms with E-state index in [1.165, 1.54) is 33.1 Å². The van der Waals surface area contributed by atoms with Crippen molar-refractivity contribution >= 4 is 87.8 Å². The van der Waals surface area contributed by atoms with Gasteiger partial charge in [-0.15, -0.1) is 22.7 Å². The van der Waals surface area contributed by atoms with Gasteiger partial charge in [0.05, 0.1) is 26.7 Å². The standard InChI is InChI=1S/C55H66N8O2S2/c1-6-8-16-41(29-38-33-58-46-20-12-10-18-44(38)46)59-54(64)50-31-37-15-14-22-48(53(37)67-50)62-28-27-61(5)51(35-62)63-34-39(45-19-11-13-21-47(45)63)30-42(17-9-7-2)60-55(65)52-36(3)43-24-23-40(32-49(43)66-52)57-26-25-56-4/h10-15,18-24,31-34,41-42,51,56-58H,6-9,16-17,25-30,35H2,1-5H3,(H,59,64)(H,60,65). The normalized spacial score (nSPS) is 15.5. The number of para-hydroxylation sites is 2. The van der Waals surface area contributed by atoms with Gasteiger partial charge in [0.2, 0.25) is 0 Å². The van der Waals surface area contributed by atoms with E-state index in [0.29, 0.717) is 0 Å². The second-order valence-electron chi connectivity index (χ2n) is 18.5. The molecular formula is C55H66N8O2S2. The number of carbonyl (C=O) groups excluding carboxylic acids is 2. The number of amides is 2. The molecule has 0 spiro atoms. The van der Waals surface area contributed by atoms with Gasteiger partial charge in [-0.1, -0.05) is 94.1 Å². The molecule has 5 N–H and O–H groups in total. The Bertz CT molecular complexity index is 2980. The number of aromatic amines is 1. The van der Waals surface area contributed by atoms with E-state index in [9.17, 15) is 9.59 Å². The maximum absolute atomic E-state index is 14.2. The summed E-state index contributed by atoms with van der Waals surface area (Å²) in [6.07, 6.45) is 12.2. The third-order valence-corrected chi connectivity index (χ3v) is 16.2. The molecule has 1 fully saturated rings. The molecule has 5 heterocycles. The van der Waals surface area contributed by atoms with Crippen LogP contribution in [0.5, 0.6) is 0 Å². The van der Waals surface area contributed by atoms with Crippen LogP contribution in [0.1, 0.15) is 94.6 Å². The van der Waals surface area contributed by atoms with Crippen LogP contribution >= 0.6 is 22.7 Å². The van der Waals surface area contributed by atoms with E-state index in [1.807, 2.05) is 7.05 Å². The van der Waals surface area contributed by atoms with E-state index in [0.717, 1.165) is 131 Å². The number of hydrogen-bond acceptors (Lipinski definition) is 8. The summed E-state index contributed by atoms with van der Waals surface area (Å²) in [5, 5.41) is 18.3. The average molecular weight is 935 g/mol. The highest BCUT2D eigenvalue weighted by molar-refractivity contribution is 7.21. The van der Waals surface area contributed by atoms with Crippen LogP contribution < -0.4 is 26.2 Å².